The number of hydrogen-bond donors (Lipinski definition) is 2. The fourth-order valence-corrected chi connectivity index (χ4v) is 2.77. The quantitative estimate of drug-likeness (QED) is 0.563. The van der Waals surface area contributed by atoms with Crippen LogP contribution in [-0.2, 0) is 6.54 Å². The van der Waals surface area contributed by atoms with Crippen molar-refractivity contribution in [1.82, 2.24) is 20.0 Å². The smallest absolute Gasteiger partial charge is 0.267 e. The number of halogens is 3. The van der Waals surface area contributed by atoms with Crippen LogP contribution in [-0.4, -0.2) is 20.0 Å². The molecule has 4 rings (SSSR count). The molecule has 27 heavy (non-hydrogen) atoms. The van der Waals surface area contributed by atoms with Crippen molar-refractivity contribution in [3.8, 4) is 11.3 Å². The van der Waals surface area contributed by atoms with Gasteiger partial charge < -0.3 is 5.73 Å². The van der Waals surface area contributed by atoms with E-state index in [1.807, 2.05) is 18.2 Å². The molecule has 2 aromatic heterocycles. The Morgan fingerprint density at radius 3 is 2.52 bits per heavy atom. The van der Waals surface area contributed by atoms with Crippen LogP contribution in [0.3, 0.4) is 0 Å². The largest absolute Gasteiger partial charge is 0.382 e. The van der Waals surface area contributed by atoms with Crippen molar-refractivity contribution < 1.29 is 8.78 Å². The predicted octanol–water partition coefficient (Wildman–Crippen LogP) is 3.12. The molecule has 138 valence electrons. The molecule has 9 heteroatoms. The third kappa shape index (κ3) is 3.65. The predicted molar refractivity (Wildman–Crippen MR) is 101 cm³/mol. The highest BCUT2D eigenvalue weighted by Crippen LogP contribution is 2.21. The van der Waals surface area contributed by atoms with Gasteiger partial charge in [-0.15, -0.1) is 12.4 Å². The second-order valence-corrected chi connectivity index (χ2v) is 5.86. The van der Waals surface area contributed by atoms with E-state index in [9.17, 15) is 13.6 Å². The van der Waals surface area contributed by atoms with Crippen molar-refractivity contribution in [2.45, 2.75) is 6.54 Å². The van der Waals surface area contributed by atoms with Gasteiger partial charge in [0.2, 0.25) is 0 Å². The molecule has 0 amide bonds. The van der Waals surface area contributed by atoms with Gasteiger partial charge in [-0.25, -0.2) is 13.5 Å². The summed E-state index contributed by atoms with van der Waals surface area (Å²) in [5, 5.41) is 11.7. The first-order valence-electron chi connectivity index (χ1n) is 7.77. The van der Waals surface area contributed by atoms with E-state index in [1.54, 1.807) is 0 Å². The number of hydrogen-bond acceptors (Lipinski definition) is 4. The summed E-state index contributed by atoms with van der Waals surface area (Å²) < 4.78 is 28.1. The van der Waals surface area contributed by atoms with Crippen molar-refractivity contribution in [2.75, 3.05) is 5.73 Å². The molecule has 0 radical (unpaired) electrons. The zero-order valence-corrected chi connectivity index (χ0v) is 14.6. The Bertz CT molecular complexity index is 1170. The maximum absolute atomic E-state index is 13.4. The SMILES string of the molecule is Cl.Nc1n[nH]c2ccc(Cn3nc(-c4cc(F)cc(F)c4)ccc3=O)cc12. The minimum absolute atomic E-state index is 0. The second kappa shape index (κ2) is 7.16. The van der Waals surface area contributed by atoms with Crippen LogP contribution in [0.15, 0.2) is 53.3 Å². The first kappa shape index (κ1) is 18.5. The van der Waals surface area contributed by atoms with E-state index in [-0.39, 0.29) is 30.1 Å². The summed E-state index contributed by atoms with van der Waals surface area (Å²) in [5.74, 6) is -1.05. The van der Waals surface area contributed by atoms with E-state index in [1.165, 1.54) is 28.9 Å². The van der Waals surface area contributed by atoms with Crippen molar-refractivity contribution in [1.29, 1.82) is 0 Å². The number of aromatic nitrogens is 4. The molecule has 0 unspecified atom stereocenters. The van der Waals surface area contributed by atoms with Gasteiger partial charge in [0, 0.05) is 23.1 Å². The van der Waals surface area contributed by atoms with Gasteiger partial charge in [0.25, 0.3) is 5.56 Å². The molecule has 0 saturated carbocycles. The Kier molecular flexibility index (Phi) is 4.91. The molecule has 3 N–H and O–H groups in total. The van der Waals surface area contributed by atoms with Gasteiger partial charge in [-0.1, -0.05) is 6.07 Å². The minimum atomic E-state index is -0.708. The highest BCUT2D eigenvalue weighted by atomic mass is 35.5. The van der Waals surface area contributed by atoms with Crippen LogP contribution >= 0.6 is 12.4 Å². The number of H-pyrrole nitrogens is 1. The van der Waals surface area contributed by atoms with Crippen molar-refractivity contribution in [3.63, 3.8) is 0 Å². The number of nitrogens with one attached hydrogen (secondary N) is 1. The molecule has 0 bridgehead atoms. The number of fused-ring (bicyclic) bond motifs is 1. The Morgan fingerprint density at radius 1 is 1.04 bits per heavy atom. The number of anilines is 1. The second-order valence-electron chi connectivity index (χ2n) is 5.86. The fraction of sp³-hybridized carbons (Fsp3) is 0.0556. The van der Waals surface area contributed by atoms with Crippen LogP contribution in [0.25, 0.3) is 22.2 Å². The van der Waals surface area contributed by atoms with Gasteiger partial charge in [0.1, 0.15) is 11.6 Å². The van der Waals surface area contributed by atoms with Crippen LogP contribution < -0.4 is 11.3 Å². The van der Waals surface area contributed by atoms with Gasteiger partial charge in [-0.3, -0.25) is 9.89 Å². The van der Waals surface area contributed by atoms with Gasteiger partial charge in [0.15, 0.2) is 5.82 Å². The molecule has 4 aromatic rings. The molecule has 6 nitrogen and oxygen atoms in total. The van der Waals surface area contributed by atoms with Crippen LogP contribution in [0.5, 0.6) is 0 Å². The van der Waals surface area contributed by atoms with Crippen LogP contribution in [0.1, 0.15) is 5.56 Å². The topological polar surface area (TPSA) is 89.6 Å². The summed E-state index contributed by atoms with van der Waals surface area (Å²) in [6.45, 7) is 0.186. The van der Waals surface area contributed by atoms with E-state index in [4.69, 9.17) is 5.73 Å². The lowest BCUT2D eigenvalue weighted by atomic mass is 10.1. The Balaban J connectivity index is 0.00000210. The highest BCUT2D eigenvalue weighted by molar-refractivity contribution is 5.89. The lowest BCUT2D eigenvalue weighted by molar-refractivity contribution is 0.583. The average Bonchev–Trinajstić information content (AvgIpc) is 2.97. The fourth-order valence-electron chi connectivity index (χ4n) is 2.77. The van der Waals surface area contributed by atoms with Gasteiger partial charge in [0.05, 0.1) is 17.8 Å². The molecule has 0 spiro atoms. The number of aromatic amines is 1. The summed E-state index contributed by atoms with van der Waals surface area (Å²) >= 11 is 0. The van der Waals surface area contributed by atoms with Gasteiger partial charge in [-0.2, -0.15) is 10.2 Å². The molecular weight excluding hydrogens is 376 g/mol. The van der Waals surface area contributed by atoms with Gasteiger partial charge >= 0.3 is 0 Å². The molecule has 0 aliphatic carbocycles. The molecule has 2 heterocycles. The minimum Gasteiger partial charge on any atom is -0.382 e. The average molecular weight is 390 g/mol. The van der Waals surface area contributed by atoms with Crippen LogP contribution in [0.4, 0.5) is 14.6 Å². The molecule has 0 aliphatic heterocycles. The number of rotatable bonds is 3. The van der Waals surface area contributed by atoms with E-state index in [2.05, 4.69) is 15.3 Å². The van der Waals surface area contributed by atoms with Crippen LogP contribution in [0, 0.1) is 11.6 Å². The summed E-state index contributed by atoms with van der Waals surface area (Å²) in [7, 11) is 0. The number of nitrogens with two attached hydrogens (primary N) is 1. The Morgan fingerprint density at radius 2 is 1.78 bits per heavy atom. The maximum atomic E-state index is 13.4. The third-order valence-corrected chi connectivity index (χ3v) is 4.01. The molecule has 0 saturated heterocycles. The molecule has 0 atom stereocenters. The summed E-state index contributed by atoms with van der Waals surface area (Å²) in [6, 6.07) is 11.3. The zero-order chi connectivity index (χ0) is 18.3. The van der Waals surface area contributed by atoms with Crippen molar-refractivity contribution >= 4 is 29.1 Å². The van der Waals surface area contributed by atoms with Crippen molar-refractivity contribution in [2.24, 2.45) is 0 Å². The molecule has 2 aromatic carbocycles. The Labute approximate surface area is 158 Å². The van der Waals surface area contributed by atoms with Crippen LogP contribution in [0.2, 0.25) is 0 Å². The van der Waals surface area contributed by atoms with Crippen molar-refractivity contribution in [3.05, 3.63) is 76.1 Å². The van der Waals surface area contributed by atoms with E-state index in [0.717, 1.165) is 22.5 Å². The lowest BCUT2D eigenvalue weighted by Gasteiger charge is -2.08. The van der Waals surface area contributed by atoms with Gasteiger partial charge in [-0.05, 0) is 35.9 Å². The van der Waals surface area contributed by atoms with E-state index < -0.39 is 11.6 Å². The van der Waals surface area contributed by atoms with E-state index >= 15 is 0 Å². The molecule has 0 fully saturated rings. The Hall–Kier alpha value is -3.26. The highest BCUT2D eigenvalue weighted by Gasteiger charge is 2.09. The summed E-state index contributed by atoms with van der Waals surface area (Å²) in [5.41, 5.74) is 7.61. The zero-order valence-electron chi connectivity index (χ0n) is 13.8. The monoisotopic (exact) mass is 389 g/mol. The molecular formula is C18H14ClF2N5O. The number of nitrogen functional groups attached to an aromatic ring is 1. The number of benzene rings is 2. The third-order valence-electron chi connectivity index (χ3n) is 4.01. The first-order valence-corrected chi connectivity index (χ1v) is 7.77. The summed E-state index contributed by atoms with van der Waals surface area (Å²) in [6.07, 6.45) is 0. The molecule has 0 aliphatic rings. The first-order chi connectivity index (χ1) is 12.5. The standard InChI is InChI=1S/C18H13F2N5O.ClH/c19-12-6-11(7-13(20)8-12)15-3-4-17(26)25(24-15)9-10-1-2-16-14(5-10)18(21)23-22-16;/h1-8H,9H2,(H3,21,22,23);1H. The normalized spacial score (nSPS) is 10.7. The maximum Gasteiger partial charge on any atom is 0.267 e. The lowest BCUT2D eigenvalue weighted by Crippen LogP contribution is -2.22. The number of nitrogens with zero attached hydrogens (tertiary/aromatic N) is 3. The summed E-state index contributed by atoms with van der Waals surface area (Å²) in [4.78, 5) is 12.1. The van der Waals surface area contributed by atoms with E-state index in [0.29, 0.717) is 11.5 Å².